The Balaban J connectivity index is 1.67. The first-order valence-electron chi connectivity index (χ1n) is 9.37. The van der Waals surface area contributed by atoms with Crippen LogP contribution in [0.25, 0.3) is 6.08 Å². The van der Waals surface area contributed by atoms with E-state index in [9.17, 15) is 4.79 Å². The lowest BCUT2D eigenvalue weighted by atomic mass is 10.2. The van der Waals surface area contributed by atoms with Crippen LogP contribution in [0.5, 0.6) is 23.0 Å². The average Bonchev–Trinajstić information content (AvgIpc) is 3.31. The highest BCUT2D eigenvalue weighted by Crippen LogP contribution is 2.47. The van der Waals surface area contributed by atoms with Gasteiger partial charge < -0.3 is 18.9 Å². The van der Waals surface area contributed by atoms with E-state index in [0.29, 0.717) is 34.2 Å². The first-order chi connectivity index (χ1) is 14.6. The predicted octanol–water partition coefficient (Wildman–Crippen LogP) is 5.37. The molecule has 30 heavy (non-hydrogen) atoms. The molecule has 7 heteroatoms. The van der Waals surface area contributed by atoms with Crippen LogP contribution < -0.4 is 18.9 Å². The summed E-state index contributed by atoms with van der Waals surface area (Å²) in [6.07, 6.45) is 4.69. The molecule has 0 aromatic heterocycles. The molecule has 5 nitrogen and oxygen atoms in total. The molecule has 2 aromatic carbocycles. The number of carbonyl (C=O) groups is 1. The molecule has 1 aliphatic rings. The number of hydrogen-bond acceptors (Lipinski definition) is 7. The van der Waals surface area contributed by atoms with Crippen LogP contribution in [-0.2, 0) is 4.79 Å². The van der Waals surface area contributed by atoms with Gasteiger partial charge in [-0.2, -0.15) is 0 Å². The lowest BCUT2D eigenvalue weighted by molar-refractivity contribution is -0.129. The normalized spacial score (nSPS) is 13.9. The van der Waals surface area contributed by atoms with E-state index in [1.54, 1.807) is 44.6 Å². The van der Waals surface area contributed by atoms with Crippen LogP contribution >= 0.6 is 23.5 Å². The molecule has 0 spiro atoms. The van der Waals surface area contributed by atoms with Crippen molar-refractivity contribution in [2.75, 3.05) is 32.3 Å². The number of esters is 1. The molecule has 0 bridgehead atoms. The summed E-state index contributed by atoms with van der Waals surface area (Å²) in [6.45, 7) is 4.02. The lowest BCUT2D eigenvalue weighted by Crippen LogP contribution is -2.05. The minimum Gasteiger partial charge on any atom is -0.493 e. The molecule has 0 N–H and O–H groups in total. The van der Waals surface area contributed by atoms with Crippen molar-refractivity contribution < 1.29 is 23.7 Å². The summed E-state index contributed by atoms with van der Waals surface area (Å²) in [5, 5.41) is 0. The zero-order valence-corrected chi connectivity index (χ0v) is 18.6. The van der Waals surface area contributed by atoms with Gasteiger partial charge in [-0.15, -0.1) is 23.5 Å². The van der Waals surface area contributed by atoms with Crippen molar-refractivity contribution in [1.29, 1.82) is 0 Å². The van der Waals surface area contributed by atoms with Crippen LogP contribution in [0.2, 0.25) is 0 Å². The molecule has 3 rings (SSSR count). The topological polar surface area (TPSA) is 54.0 Å². The number of methoxy groups -OCH3 is 2. The number of ether oxygens (including phenoxy) is 4. The van der Waals surface area contributed by atoms with Crippen molar-refractivity contribution >= 4 is 35.6 Å². The van der Waals surface area contributed by atoms with E-state index in [0.717, 1.165) is 17.1 Å². The van der Waals surface area contributed by atoms with Crippen molar-refractivity contribution in [2.45, 2.75) is 4.58 Å². The maximum atomic E-state index is 12.3. The van der Waals surface area contributed by atoms with E-state index in [2.05, 4.69) is 6.58 Å². The summed E-state index contributed by atoms with van der Waals surface area (Å²) in [6, 6.07) is 11.1. The summed E-state index contributed by atoms with van der Waals surface area (Å²) in [5.74, 6) is 3.93. The second-order valence-electron chi connectivity index (χ2n) is 6.25. The smallest absolute Gasteiger partial charge is 0.336 e. The van der Waals surface area contributed by atoms with Crippen LogP contribution in [0.15, 0.2) is 55.1 Å². The van der Waals surface area contributed by atoms with Gasteiger partial charge in [0.05, 0.1) is 18.8 Å². The number of rotatable bonds is 9. The van der Waals surface area contributed by atoms with E-state index in [-0.39, 0.29) is 0 Å². The minimum absolute atomic E-state index is 0.386. The van der Waals surface area contributed by atoms with Gasteiger partial charge in [-0.25, -0.2) is 4.79 Å². The number of hydrogen-bond donors (Lipinski definition) is 0. The third kappa shape index (κ3) is 5.77. The predicted molar refractivity (Wildman–Crippen MR) is 124 cm³/mol. The van der Waals surface area contributed by atoms with Crippen LogP contribution in [0.1, 0.15) is 15.7 Å². The lowest BCUT2D eigenvalue weighted by Gasteiger charge is -2.13. The molecule has 0 atom stereocenters. The van der Waals surface area contributed by atoms with Gasteiger partial charge in [0.25, 0.3) is 0 Å². The highest BCUT2D eigenvalue weighted by molar-refractivity contribution is 8.19. The van der Waals surface area contributed by atoms with Crippen LogP contribution in [-0.4, -0.2) is 38.3 Å². The third-order valence-electron chi connectivity index (χ3n) is 4.25. The molecule has 158 valence electrons. The number of benzene rings is 2. The Morgan fingerprint density at radius 2 is 1.73 bits per heavy atom. The third-order valence-corrected chi connectivity index (χ3v) is 7.35. The Morgan fingerprint density at radius 1 is 1.03 bits per heavy atom. The van der Waals surface area contributed by atoms with Crippen molar-refractivity contribution in [1.82, 2.24) is 0 Å². The highest BCUT2D eigenvalue weighted by atomic mass is 32.2. The van der Waals surface area contributed by atoms with Gasteiger partial charge in [-0.3, -0.25) is 0 Å². The Kier molecular flexibility index (Phi) is 8.16. The van der Waals surface area contributed by atoms with Crippen molar-refractivity contribution in [3.05, 3.63) is 66.3 Å². The fraction of sp³-hybridized carbons (Fsp3) is 0.261. The standard InChI is InChI=1S/C23H24O5S2/c1-4-11-27-18-8-5-16(14-20(18)25-2)6-10-22(24)28-19-9-7-17(15-21(19)26-3)23-29-12-13-30-23/h4-10,14-15,23H,1,11-13H2,2-3H3/b10-6+. The molecular weight excluding hydrogens is 420 g/mol. The largest absolute Gasteiger partial charge is 0.493 e. The minimum atomic E-state index is -0.489. The molecule has 2 aromatic rings. The van der Waals surface area contributed by atoms with Gasteiger partial charge in [-0.1, -0.05) is 24.8 Å². The van der Waals surface area contributed by atoms with Gasteiger partial charge in [0.15, 0.2) is 23.0 Å². The summed E-state index contributed by atoms with van der Waals surface area (Å²) < 4.78 is 22.2. The van der Waals surface area contributed by atoms with Crippen molar-refractivity contribution in [3.63, 3.8) is 0 Å². The summed E-state index contributed by atoms with van der Waals surface area (Å²) >= 11 is 3.83. The SMILES string of the molecule is C=CCOc1ccc(/C=C/C(=O)Oc2ccc(C3SCCS3)cc2OC)cc1OC. The fourth-order valence-corrected chi connectivity index (χ4v) is 5.67. The highest BCUT2D eigenvalue weighted by Gasteiger charge is 2.20. The molecule has 0 saturated carbocycles. The van der Waals surface area contributed by atoms with E-state index < -0.39 is 5.97 Å². The number of thioether (sulfide) groups is 2. The first kappa shape index (κ1) is 22.2. The maximum absolute atomic E-state index is 12.3. The molecular formula is C23H24O5S2. The Labute approximate surface area is 185 Å². The Bertz CT molecular complexity index is 920. The van der Waals surface area contributed by atoms with Gasteiger partial charge in [0, 0.05) is 17.6 Å². The van der Waals surface area contributed by atoms with Crippen molar-refractivity contribution in [2.24, 2.45) is 0 Å². The quantitative estimate of drug-likeness (QED) is 0.223. The average molecular weight is 445 g/mol. The summed E-state index contributed by atoms with van der Waals surface area (Å²) in [5.41, 5.74) is 1.95. The molecule has 1 saturated heterocycles. The van der Waals surface area contributed by atoms with E-state index in [4.69, 9.17) is 18.9 Å². The first-order valence-corrected chi connectivity index (χ1v) is 11.5. The number of carbonyl (C=O) groups excluding carboxylic acids is 1. The van der Waals surface area contributed by atoms with Gasteiger partial charge >= 0.3 is 5.97 Å². The summed E-state index contributed by atoms with van der Waals surface area (Å²) in [4.78, 5) is 12.3. The molecule has 1 fully saturated rings. The molecule has 0 aliphatic carbocycles. The molecule has 1 aliphatic heterocycles. The molecule has 0 unspecified atom stereocenters. The van der Waals surface area contributed by atoms with E-state index >= 15 is 0 Å². The van der Waals surface area contributed by atoms with Gasteiger partial charge in [0.1, 0.15) is 6.61 Å². The fourth-order valence-electron chi connectivity index (χ4n) is 2.83. The second-order valence-corrected chi connectivity index (χ2v) is 8.97. The van der Waals surface area contributed by atoms with Crippen LogP contribution in [0.4, 0.5) is 0 Å². The van der Waals surface area contributed by atoms with Crippen molar-refractivity contribution in [3.8, 4) is 23.0 Å². The Hall–Kier alpha value is -2.51. The van der Waals surface area contributed by atoms with Gasteiger partial charge in [0.2, 0.25) is 0 Å². The van der Waals surface area contributed by atoms with Crippen LogP contribution in [0.3, 0.4) is 0 Å². The Morgan fingerprint density at radius 3 is 2.43 bits per heavy atom. The zero-order chi connectivity index (χ0) is 21.3. The second kappa shape index (κ2) is 11.0. The van der Waals surface area contributed by atoms with Gasteiger partial charge in [-0.05, 0) is 41.5 Å². The van der Waals surface area contributed by atoms with E-state index in [1.807, 2.05) is 41.7 Å². The van der Waals surface area contributed by atoms with E-state index in [1.165, 1.54) is 11.6 Å². The zero-order valence-electron chi connectivity index (χ0n) is 17.0. The molecule has 0 radical (unpaired) electrons. The summed E-state index contributed by atoms with van der Waals surface area (Å²) in [7, 11) is 3.14. The molecule has 0 amide bonds. The molecule has 1 heterocycles. The monoisotopic (exact) mass is 444 g/mol. The maximum Gasteiger partial charge on any atom is 0.336 e. The van der Waals surface area contributed by atoms with Crippen LogP contribution in [0, 0.1) is 0 Å².